The van der Waals surface area contributed by atoms with Crippen LogP contribution in [0.1, 0.15) is 11.1 Å². The van der Waals surface area contributed by atoms with Gasteiger partial charge in [-0.1, -0.05) is 36.4 Å². The van der Waals surface area contributed by atoms with Crippen LogP contribution in [0, 0.1) is 0 Å². The second-order valence-electron chi connectivity index (χ2n) is 5.43. The van der Waals surface area contributed by atoms with Crippen molar-refractivity contribution in [3.63, 3.8) is 0 Å². The molecule has 0 amide bonds. The van der Waals surface area contributed by atoms with Gasteiger partial charge in [-0.05, 0) is 35.4 Å². The Balaban J connectivity index is 2.00. The fourth-order valence-corrected chi connectivity index (χ4v) is 2.67. The molecule has 0 heterocycles. The van der Waals surface area contributed by atoms with Crippen LogP contribution >= 0.6 is 0 Å². The van der Waals surface area contributed by atoms with Crippen LogP contribution in [0.3, 0.4) is 0 Å². The molecule has 0 saturated carbocycles. The average molecular weight is 363 g/mol. The van der Waals surface area contributed by atoms with E-state index < -0.39 is 17.0 Å². The molecule has 0 bridgehead atoms. The van der Waals surface area contributed by atoms with Gasteiger partial charge in [0.25, 0.3) is 0 Å². The monoisotopic (exact) mass is 363 g/mol. The molecule has 0 spiro atoms. The highest BCUT2D eigenvalue weighted by Gasteiger charge is 2.12. The number of benzene rings is 2. The molecule has 6 nitrogen and oxygen atoms in total. The van der Waals surface area contributed by atoms with E-state index in [0.717, 1.165) is 16.8 Å². The first-order valence-corrected chi connectivity index (χ1v) is 8.98. The third-order valence-corrected chi connectivity index (χ3v) is 4.13. The summed E-state index contributed by atoms with van der Waals surface area (Å²) in [6, 6.07) is 14.7. The van der Waals surface area contributed by atoms with Crippen molar-refractivity contribution in [1.82, 2.24) is 0 Å². The molecule has 0 atom stereocenters. The molecular formula is C18H21NO5S. The molecule has 1 N–H and O–H groups in total. The van der Waals surface area contributed by atoms with Crippen LogP contribution in [0.15, 0.2) is 48.5 Å². The van der Waals surface area contributed by atoms with Crippen molar-refractivity contribution in [2.24, 2.45) is 0 Å². The highest BCUT2D eigenvalue weighted by Crippen LogP contribution is 2.18. The second kappa shape index (κ2) is 8.66. The third kappa shape index (κ3) is 6.22. The molecule has 2 aromatic rings. The van der Waals surface area contributed by atoms with E-state index in [1.807, 2.05) is 55.4 Å². The van der Waals surface area contributed by atoms with E-state index in [0.29, 0.717) is 0 Å². The summed E-state index contributed by atoms with van der Waals surface area (Å²) in [5.41, 5.74) is 3.09. The van der Waals surface area contributed by atoms with Gasteiger partial charge >= 0.3 is 10.4 Å². The number of hydrogen-bond acceptors (Lipinski definition) is 6. The summed E-state index contributed by atoms with van der Waals surface area (Å²) in [7, 11) is -0.179. The van der Waals surface area contributed by atoms with Crippen molar-refractivity contribution in [3.8, 4) is 5.75 Å². The standard InChI is InChI=1S/C18H21NO5S/c1-19(2)17-9-5-15(6-10-17)3-4-16-7-11-18(12-8-16)24-25(21,22)23-14-13-20/h3-12,20H,13-14H2,1-2H3/b4-3+. The Bertz CT molecular complexity index is 796. The van der Waals surface area contributed by atoms with Crippen molar-refractivity contribution in [2.45, 2.75) is 0 Å². The Labute approximate surface area is 148 Å². The summed E-state index contributed by atoms with van der Waals surface area (Å²) in [6.45, 7) is -0.738. The van der Waals surface area contributed by atoms with E-state index in [1.165, 1.54) is 12.1 Å². The van der Waals surface area contributed by atoms with E-state index in [4.69, 9.17) is 9.29 Å². The second-order valence-corrected chi connectivity index (χ2v) is 6.64. The van der Waals surface area contributed by atoms with Gasteiger partial charge in [-0.2, -0.15) is 8.42 Å². The molecule has 0 radical (unpaired) electrons. The van der Waals surface area contributed by atoms with Gasteiger partial charge in [-0.15, -0.1) is 0 Å². The topological polar surface area (TPSA) is 76.1 Å². The lowest BCUT2D eigenvalue weighted by atomic mass is 10.1. The Hall–Kier alpha value is -2.35. The maximum atomic E-state index is 11.5. The highest BCUT2D eigenvalue weighted by atomic mass is 32.3. The first kappa shape index (κ1) is 19.0. The van der Waals surface area contributed by atoms with E-state index in [-0.39, 0.29) is 12.4 Å². The van der Waals surface area contributed by atoms with Crippen molar-refractivity contribution in [2.75, 3.05) is 32.2 Å². The number of aliphatic hydroxyl groups is 1. The highest BCUT2D eigenvalue weighted by molar-refractivity contribution is 7.82. The van der Waals surface area contributed by atoms with Gasteiger partial charge in [0.2, 0.25) is 0 Å². The Morgan fingerprint density at radius 2 is 1.48 bits per heavy atom. The summed E-state index contributed by atoms with van der Waals surface area (Å²) in [6.07, 6.45) is 3.89. The van der Waals surface area contributed by atoms with Crippen molar-refractivity contribution < 1.29 is 21.9 Å². The van der Waals surface area contributed by atoms with Gasteiger partial charge in [0.05, 0.1) is 13.2 Å². The molecule has 0 unspecified atom stereocenters. The molecular weight excluding hydrogens is 342 g/mol. The zero-order chi connectivity index (χ0) is 18.3. The number of nitrogens with zero attached hydrogens (tertiary/aromatic N) is 1. The maximum Gasteiger partial charge on any atom is 0.449 e. The van der Waals surface area contributed by atoms with Crippen LogP contribution in [0.25, 0.3) is 12.2 Å². The van der Waals surface area contributed by atoms with Gasteiger partial charge in [0.15, 0.2) is 0 Å². The molecule has 0 aliphatic heterocycles. The van der Waals surface area contributed by atoms with Crippen LogP contribution in [-0.4, -0.2) is 40.8 Å². The fraction of sp³-hybridized carbons (Fsp3) is 0.222. The molecule has 7 heteroatoms. The zero-order valence-electron chi connectivity index (χ0n) is 14.1. The first-order chi connectivity index (χ1) is 11.9. The van der Waals surface area contributed by atoms with Crippen LogP contribution in [0.5, 0.6) is 5.75 Å². The first-order valence-electron chi connectivity index (χ1n) is 7.65. The largest absolute Gasteiger partial charge is 0.449 e. The molecule has 0 aromatic heterocycles. The average Bonchev–Trinajstić information content (AvgIpc) is 2.59. The lowest BCUT2D eigenvalue weighted by Crippen LogP contribution is -2.15. The summed E-state index contributed by atoms with van der Waals surface area (Å²) >= 11 is 0. The van der Waals surface area contributed by atoms with Gasteiger partial charge in [0.1, 0.15) is 5.75 Å². The molecule has 2 aromatic carbocycles. The fourth-order valence-electron chi connectivity index (χ4n) is 1.99. The summed E-state index contributed by atoms with van der Waals surface area (Å²) in [4.78, 5) is 2.03. The van der Waals surface area contributed by atoms with Crippen molar-refractivity contribution >= 4 is 28.2 Å². The maximum absolute atomic E-state index is 11.5. The zero-order valence-corrected chi connectivity index (χ0v) is 14.9. The molecule has 2 rings (SSSR count). The quantitative estimate of drug-likeness (QED) is 0.727. The minimum Gasteiger partial charge on any atom is -0.394 e. The predicted molar refractivity (Wildman–Crippen MR) is 98.7 cm³/mol. The van der Waals surface area contributed by atoms with Gasteiger partial charge < -0.3 is 14.2 Å². The number of hydrogen-bond donors (Lipinski definition) is 1. The number of anilines is 1. The van der Waals surface area contributed by atoms with Crippen LogP contribution in [-0.2, 0) is 14.6 Å². The molecule has 0 aliphatic rings. The molecule has 0 aliphatic carbocycles. The summed E-state index contributed by atoms with van der Waals surface area (Å²) in [5.74, 6) is 0.144. The van der Waals surface area contributed by atoms with Gasteiger partial charge in [-0.3, -0.25) is 0 Å². The molecule has 134 valence electrons. The SMILES string of the molecule is CN(C)c1ccc(/C=C/c2ccc(OS(=O)(=O)OCCO)cc2)cc1. The number of aliphatic hydroxyl groups excluding tert-OH is 1. The van der Waals surface area contributed by atoms with Gasteiger partial charge in [-0.25, -0.2) is 4.18 Å². The van der Waals surface area contributed by atoms with Crippen molar-refractivity contribution in [3.05, 3.63) is 59.7 Å². The Morgan fingerprint density at radius 1 is 0.960 bits per heavy atom. The van der Waals surface area contributed by atoms with Crippen LogP contribution in [0.4, 0.5) is 5.69 Å². The normalized spacial score (nSPS) is 11.6. The van der Waals surface area contributed by atoms with E-state index in [2.05, 4.69) is 4.18 Å². The smallest absolute Gasteiger partial charge is 0.394 e. The minimum atomic E-state index is -4.16. The molecule has 0 saturated heterocycles. The van der Waals surface area contributed by atoms with E-state index in [1.54, 1.807) is 12.1 Å². The lowest BCUT2D eigenvalue weighted by molar-refractivity contribution is 0.190. The molecule has 0 fully saturated rings. The summed E-state index contributed by atoms with van der Waals surface area (Å²) < 4.78 is 32.1. The number of rotatable bonds is 8. The van der Waals surface area contributed by atoms with Gasteiger partial charge in [0, 0.05) is 19.8 Å². The van der Waals surface area contributed by atoms with Crippen LogP contribution in [0.2, 0.25) is 0 Å². The Kier molecular flexibility index (Phi) is 6.58. The van der Waals surface area contributed by atoms with Crippen LogP contribution < -0.4 is 9.08 Å². The molecule has 25 heavy (non-hydrogen) atoms. The minimum absolute atomic E-state index is 0.144. The summed E-state index contributed by atoms with van der Waals surface area (Å²) in [5, 5.41) is 8.57. The van der Waals surface area contributed by atoms with Crippen molar-refractivity contribution in [1.29, 1.82) is 0 Å². The Morgan fingerprint density at radius 3 is 1.96 bits per heavy atom. The lowest BCUT2D eigenvalue weighted by Gasteiger charge is -2.11. The third-order valence-electron chi connectivity index (χ3n) is 3.28. The predicted octanol–water partition coefficient (Wildman–Crippen LogP) is 2.56. The van der Waals surface area contributed by atoms with E-state index >= 15 is 0 Å². The van der Waals surface area contributed by atoms with E-state index in [9.17, 15) is 8.42 Å².